The third kappa shape index (κ3) is 5.33. The lowest BCUT2D eigenvalue weighted by Crippen LogP contribution is -2.44. The Morgan fingerprint density at radius 1 is 0.929 bits per heavy atom. The minimum Gasteiger partial charge on any atom is -0.370 e. The molecular formula is C22H28N4O2. The molecule has 1 fully saturated rings. The number of para-hydroxylation sites is 1. The van der Waals surface area contributed by atoms with Gasteiger partial charge < -0.3 is 15.5 Å². The Kier molecular flexibility index (Phi) is 7.03. The maximum atomic E-state index is 12.6. The van der Waals surface area contributed by atoms with Gasteiger partial charge in [0.15, 0.2) is 0 Å². The number of rotatable bonds is 6. The molecule has 0 aromatic heterocycles. The Morgan fingerprint density at radius 2 is 1.61 bits per heavy atom. The van der Waals surface area contributed by atoms with Crippen molar-refractivity contribution in [3.05, 3.63) is 66.2 Å². The van der Waals surface area contributed by atoms with Crippen LogP contribution in [0.15, 0.2) is 60.7 Å². The smallest absolute Gasteiger partial charge is 0.246 e. The van der Waals surface area contributed by atoms with Gasteiger partial charge in [-0.05, 0) is 24.1 Å². The lowest BCUT2D eigenvalue weighted by Gasteiger charge is -2.24. The van der Waals surface area contributed by atoms with Crippen molar-refractivity contribution < 1.29 is 9.59 Å². The van der Waals surface area contributed by atoms with E-state index in [0.29, 0.717) is 6.54 Å². The molecule has 28 heavy (non-hydrogen) atoms. The van der Waals surface area contributed by atoms with Gasteiger partial charge >= 0.3 is 0 Å². The van der Waals surface area contributed by atoms with Gasteiger partial charge in [0.2, 0.25) is 11.8 Å². The monoisotopic (exact) mass is 380 g/mol. The molecule has 2 aromatic carbocycles. The van der Waals surface area contributed by atoms with E-state index in [4.69, 9.17) is 0 Å². The average molecular weight is 380 g/mol. The van der Waals surface area contributed by atoms with Crippen molar-refractivity contribution in [1.82, 2.24) is 15.5 Å². The summed E-state index contributed by atoms with van der Waals surface area (Å²) in [6, 6.07) is 19.0. The van der Waals surface area contributed by atoms with Crippen LogP contribution in [0.25, 0.3) is 0 Å². The van der Waals surface area contributed by atoms with Crippen LogP contribution in [0.3, 0.4) is 0 Å². The number of carbonyl (C=O) groups is 2. The zero-order valence-electron chi connectivity index (χ0n) is 16.3. The first kappa shape index (κ1) is 19.9. The highest BCUT2D eigenvalue weighted by Crippen LogP contribution is 2.16. The molecule has 2 aromatic rings. The number of amides is 2. The zero-order chi connectivity index (χ0) is 19.8. The molecule has 6 nitrogen and oxygen atoms in total. The largest absolute Gasteiger partial charge is 0.370 e. The summed E-state index contributed by atoms with van der Waals surface area (Å²) in [5.74, 6) is -0.351. The van der Waals surface area contributed by atoms with E-state index in [9.17, 15) is 9.59 Å². The number of likely N-dealkylation sites (N-methyl/N-ethyl adjacent to an activating group) is 1. The first-order valence-corrected chi connectivity index (χ1v) is 9.75. The highest BCUT2D eigenvalue weighted by molar-refractivity contribution is 5.89. The number of hydrogen-bond donors (Lipinski definition) is 2. The van der Waals surface area contributed by atoms with Crippen LogP contribution in [0.4, 0.5) is 5.69 Å². The van der Waals surface area contributed by atoms with Crippen LogP contribution in [0.5, 0.6) is 0 Å². The highest BCUT2D eigenvalue weighted by Gasteiger charge is 2.23. The molecule has 1 aliphatic heterocycles. The molecule has 2 N–H and O–H groups in total. The van der Waals surface area contributed by atoms with Crippen LogP contribution in [0.1, 0.15) is 18.0 Å². The Morgan fingerprint density at radius 3 is 2.29 bits per heavy atom. The van der Waals surface area contributed by atoms with Gasteiger partial charge in [-0.3, -0.25) is 14.5 Å². The first-order chi connectivity index (χ1) is 13.7. The fourth-order valence-corrected chi connectivity index (χ4v) is 3.53. The first-order valence-electron chi connectivity index (χ1n) is 9.75. The van der Waals surface area contributed by atoms with Crippen molar-refractivity contribution >= 4 is 17.5 Å². The third-order valence-electron chi connectivity index (χ3n) is 5.02. The zero-order valence-corrected chi connectivity index (χ0v) is 16.3. The predicted octanol–water partition coefficient (Wildman–Crippen LogP) is 1.80. The van der Waals surface area contributed by atoms with Crippen LogP contribution in [0, 0.1) is 0 Å². The molecule has 0 spiro atoms. The Hall–Kier alpha value is -2.86. The van der Waals surface area contributed by atoms with E-state index in [1.807, 2.05) is 48.5 Å². The number of nitrogens with zero attached hydrogens (tertiary/aromatic N) is 2. The van der Waals surface area contributed by atoms with Crippen molar-refractivity contribution in [1.29, 1.82) is 0 Å². The molecule has 0 radical (unpaired) electrons. The Labute approximate surface area is 166 Å². The Balaban J connectivity index is 1.57. The molecule has 3 rings (SSSR count). The molecule has 0 bridgehead atoms. The van der Waals surface area contributed by atoms with Gasteiger partial charge in [-0.1, -0.05) is 48.5 Å². The minimum atomic E-state index is -0.675. The number of nitrogens with one attached hydrogen (secondary N) is 2. The second kappa shape index (κ2) is 9.90. The van der Waals surface area contributed by atoms with Gasteiger partial charge in [0.1, 0.15) is 6.04 Å². The standard InChI is InChI=1S/C22H28N4O2/c1-23-22(28)21(18-9-4-2-5-10-18)24-20(27)17-25-13-8-14-26(16-15-25)19-11-6-3-7-12-19/h2-7,9-12,21H,8,13-17H2,1H3,(H,23,28)(H,24,27). The van der Waals surface area contributed by atoms with Crippen LogP contribution in [0.2, 0.25) is 0 Å². The number of benzene rings is 2. The lowest BCUT2D eigenvalue weighted by atomic mass is 10.1. The molecular weight excluding hydrogens is 352 g/mol. The number of carbonyl (C=O) groups excluding carboxylic acids is 2. The fourth-order valence-electron chi connectivity index (χ4n) is 3.53. The van der Waals surface area contributed by atoms with E-state index in [-0.39, 0.29) is 11.8 Å². The summed E-state index contributed by atoms with van der Waals surface area (Å²) in [5.41, 5.74) is 2.00. The van der Waals surface area contributed by atoms with Gasteiger partial charge in [0.05, 0.1) is 6.54 Å². The van der Waals surface area contributed by atoms with Crippen molar-refractivity contribution in [2.24, 2.45) is 0 Å². The molecule has 148 valence electrons. The molecule has 1 unspecified atom stereocenters. The van der Waals surface area contributed by atoms with Crippen molar-refractivity contribution in [2.75, 3.05) is 44.7 Å². The van der Waals surface area contributed by atoms with E-state index in [1.54, 1.807) is 7.05 Å². The second-order valence-electron chi connectivity index (χ2n) is 6.98. The van der Waals surface area contributed by atoms with E-state index in [0.717, 1.165) is 38.2 Å². The molecule has 0 aliphatic carbocycles. The summed E-state index contributed by atoms with van der Waals surface area (Å²) in [5, 5.41) is 5.52. The minimum absolute atomic E-state index is 0.134. The quantitative estimate of drug-likeness (QED) is 0.802. The van der Waals surface area contributed by atoms with Gasteiger partial charge in [-0.25, -0.2) is 0 Å². The molecule has 2 amide bonds. The topological polar surface area (TPSA) is 64.7 Å². The van der Waals surface area contributed by atoms with Crippen LogP contribution in [-0.4, -0.2) is 56.5 Å². The van der Waals surface area contributed by atoms with E-state index in [1.165, 1.54) is 5.69 Å². The van der Waals surface area contributed by atoms with Crippen LogP contribution >= 0.6 is 0 Å². The molecule has 1 aliphatic rings. The Bertz CT molecular complexity index is 767. The molecule has 0 saturated carbocycles. The summed E-state index contributed by atoms with van der Waals surface area (Å²) in [6.07, 6.45) is 1.000. The van der Waals surface area contributed by atoms with Gasteiger partial charge in [0, 0.05) is 38.9 Å². The summed E-state index contributed by atoms with van der Waals surface area (Å²) in [7, 11) is 1.58. The van der Waals surface area contributed by atoms with Crippen molar-refractivity contribution in [2.45, 2.75) is 12.5 Å². The molecule has 1 atom stereocenters. The number of hydrogen-bond acceptors (Lipinski definition) is 4. The summed E-state index contributed by atoms with van der Waals surface area (Å²) >= 11 is 0. The molecule has 6 heteroatoms. The second-order valence-corrected chi connectivity index (χ2v) is 6.98. The predicted molar refractivity (Wildman–Crippen MR) is 111 cm³/mol. The maximum absolute atomic E-state index is 12.6. The van der Waals surface area contributed by atoms with Crippen LogP contribution in [-0.2, 0) is 9.59 Å². The van der Waals surface area contributed by atoms with Crippen molar-refractivity contribution in [3.63, 3.8) is 0 Å². The normalized spacial score (nSPS) is 16.1. The molecule has 1 saturated heterocycles. The summed E-state index contributed by atoms with van der Waals surface area (Å²) in [6.45, 7) is 3.84. The lowest BCUT2D eigenvalue weighted by molar-refractivity contribution is -0.129. The molecule has 1 heterocycles. The third-order valence-corrected chi connectivity index (χ3v) is 5.02. The fraction of sp³-hybridized carbons (Fsp3) is 0.364. The van der Waals surface area contributed by atoms with Gasteiger partial charge in [-0.15, -0.1) is 0 Å². The number of anilines is 1. The van der Waals surface area contributed by atoms with Gasteiger partial charge in [0.25, 0.3) is 0 Å². The van der Waals surface area contributed by atoms with E-state index >= 15 is 0 Å². The average Bonchev–Trinajstić information content (AvgIpc) is 2.98. The van der Waals surface area contributed by atoms with Gasteiger partial charge in [-0.2, -0.15) is 0 Å². The SMILES string of the molecule is CNC(=O)C(NC(=O)CN1CCCN(c2ccccc2)CC1)c1ccccc1. The maximum Gasteiger partial charge on any atom is 0.246 e. The summed E-state index contributed by atoms with van der Waals surface area (Å²) < 4.78 is 0. The summed E-state index contributed by atoms with van der Waals surface area (Å²) in [4.78, 5) is 29.4. The van der Waals surface area contributed by atoms with Crippen LogP contribution < -0.4 is 15.5 Å². The highest BCUT2D eigenvalue weighted by atomic mass is 16.2. The van der Waals surface area contributed by atoms with Crippen molar-refractivity contribution in [3.8, 4) is 0 Å². The van der Waals surface area contributed by atoms with E-state index < -0.39 is 6.04 Å². The van der Waals surface area contributed by atoms with E-state index in [2.05, 4.69) is 32.6 Å².